The van der Waals surface area contributed by atoms with Gasteiger partial charge in [-0.1, -0.05) is 19.9 Å². The van der Waals surface area contributed by atoms with Gasteiger partial charge in [-0.2, -0.15) is 0 Å². The van der Waals surface area contributed by atoms with Crippen molar-refractivity contribution in [3.8, 4) is 0 Å². The third-order valence-corrected chi connectivity index (χ3v) is 3.54. The summed E-state index contributed by atoms with van der Waals surface area (Å²) in [5.41, 5.74) is 4.70. The van der Waals surface area contributed by atoms with Crippen LogP contribution in [0.5, 0.6) is 0 Å². The van der Waals surface area contributed by atoms with E-state index in [0.29, 0.717) is 6.42 Å². The highest BCUT2D eigenvalue weighted by molar-refractivity contribution is 7.90. The molecule has 1 rings (SSSR count). The van der Waals surface area contributed by atoms with E-state index >= 15 is 0 Å². The van der Waals surface area contributed by atoms with Crippen LogP contribution in [0.1, 0.15) is 30.6 Å². The zero-order valence-electron chi connectivity index (χ0n) is 11.6. The van der Waals surface area contributed by atoms with Crippen molar-refractivity contribution in [2.45, 2.75) is 25.2 Å². The lowest BCUT2D eigenvalue weighted by Gasteiger charge is -2.09. The van der Waals surface area contributed by atoms with E-state index in [0.717, 1.165) is 6.26 Å². The highest BCUT2D eigenvalue weighted by Gasteiger charge is 2.12. The lowest BCUT2D eigenvalue weighted by atomic mass is 10.1. The summed E-state index contributed by atoms with van der Waals surface area (Å²) in [4.78, 5) is 23.2. The summed E-state index contributed by atoms with van der Waals surface area (Å²) in [6, 6.07) is 5.61. The fourth-order valence-electron chi connectivity index (χ4n) is 1.49. The molecule has 1 aromatic rings. The van der Waals surface area contributed by atoms with Gasteiger partial charge in [0.2, 0.25) is 5.91 Å². The smallest absolute Gasteiger partial charge is 0.269 e. The van der Waals surface area contributed by atoms with E-state index in [2.05, 4.69) is 10.9 Å². The Hall–Kier alpha value is -1.89. The molecule has 2 N–H and O–H groups in total. The fourth-order valence-corrected chi connectivity index (χ4v) is 2.16. The van der Waals surface area contributed by atoms with Crippen LogP contribution in [0.2, 0.25) is 0 Å². The Morgan fingerprint density at radius 2 is 1.85 bits per heavy atom. The van der Waals surface area contributed by atoms with Crippen LogP contribution >= 0.6 is 0 Å². The maximum atomic E-state index is 11.8. The summed E-state index contributed by atoms with van der Waals surface area (Å²) in [7, 11) is -3.37. The second-order valence-corrected chi connectivity index (χ2v) is 6.92. The number of hydrazine groups is 1. The van der Waals surface area contributed by atoms with E-state index in [9.17, 15) is 18.0 Å². The van der Waals surface area contributed by atoms with Crippen LogP contribution in [0, 0.1) is 5.92 Å². The van der Waals surface area contributed by atoms with E-state index in [1.807, 2.05) is 13.8 Å². The predicted molar refractivity (Wildman–Crippen MR) is 74.6 cm³/mol. The summed E-state index contributed by atoms with van der Waals surface area (Å²) < 4.78 is 22.8. The maximum absolute atomic E-state index is 11.8. The number of carbonyl (C=O) groups is 2. The molecule has 110 valence electrons. The minimum absolute atomic E-state index is 0.0543. The fraction of sp³-hybridized carbons (Fsp3) is 0.385. The Balaban J connectivity index is 2.72. The molecule has 0 saturated heterocycles. The first kappa shape index (κ1) is 16.2. The molecule has 0 unspecified atom stereocenters. The van der Waals surface area contributed by atoms with Crippen molar-refractivity contribution in [3.05, 3.63) is 29.8 Å². The van der Waals surface area contributed by atoms with Gasteiger partial charge in [-0.3, -0.25) is 20.4 Å². The van der Waals surface area contributed by atoms with Crippen LogP contribution in [0.4, 0.5) is 0 Å². The maximum Gasteiger partial charge on any atom is 0.269 e. The molecule has 0 saturated carbocycles. The molecule has 0 heterocycles. The zero-order chi connectivity index (χ0) is 15.3. The Kier molecular flexibility index (Phi) is 5.26. The molecule has 0 aliphatic heterocycles. The molecule has 1 aromatic carbocycles. The molecule has 2 amide bonds. The average molecular weight is 298 g/mol. The first-order valence-electron chi connectivity index (χ1n) is 6.09. The molecule has 0 aliphatic carbocycles. The summed E-state index contributed by atoms with van der Waals surface area (Å²) in [5, 5.41) is 0. The minimum atomic E-state index is -3.37. The number of sulfone groups is 1. The number of nitrogens with one attached hydrogen (secondary N) is 2. The molecule has 7 heteroatoms. The summed E-state index contributed by atoms with van der Waals surface area (Å²) >= 11 is 0. The van der Waals surface area contributed by atoms with Gasteiger partial charge in [-0.25, -0.2) is 8.42 Å². The molecular weight excluding hydrogens is 280 g/mol. The van der Waals surface area contributed by atoms with Crippen LogP contribution in [-0.2, 0) is 14.6 Å². The largest absolute Gasteiger partial charge is 0.273 e. The third kappa shape index (κ3) is 5.00. The summed E-state index contributed by atoms with van der Waals surface area (Å²) in [6.07, 6.45) is 1.36. The van der Waals surface area contributed by atoms with Gasteiger partial charge in [0.05, 0.1) is 4.90 Å². The van der Waals surface area contributed by atoms with Crippen molar-refractivity contribution in [1.29, 1.82) is 0 Å². The molecule has 0 spiro atoms. The monoisotopic (exact) mass is 298 g/mol. The third-order valence-electron chi connectivity index (χ3n) is 2.43. The number of rotatable bonds is 4. The first-order chi connectivity index (χ1) is 9.20. The van der Waals surface area contributed by atoms with Gasteiger partial charge in [-0.05, 0) is 24.1 Å². The molecule has 0 aliphatic rings. The molecule has 0 atom stereocenters. The standard InChI is InChI=1S/C13H18N2O4S/c1-9(2)7-12(16)14-15-13(17)10-5-4-6-11(8-10)20(3,18)19/h4-6,8-9H,7H2,1-3H3,(H,14,16)(H,15,17). The Morgan fingerprint density at radius 3 is 2.40 bits per heavy atom. The number of hydrogen-bond acceptors (Lipinski definition) is 4. The minimum Gasteiger partial charge on any atom is -0.273 e. The molecule has 0 radical (unpaired) electrons. The van der Waals surface area contributed by atoms with Crippen molar-refractivity contribution in [2.75, 3.05) is 6.26 Å². The van der Waals surface area contributed by atoms with E-state index in [4.69, 9.17) is 0 Å². The Bertz CT molecular complexity index is 609. The van der Waals surface area contributed by atoms with Gasteiger partial charge in [0.15, 0.2) is 9.84 Å². The predicted octanol–water partition coefficient (Wildman–Crippen LogP) is 0.897. The number of benzene rings is 1. The van der Waals surface area contributed by atoms with Gasteiger partial charge in [0.1, 0.15) is 0 Å². The van der Waals surface area contributed by atoms with E-state index in [1.165, 1.54) is 24.3 Å². The van der Waals surface area contributed by atoms with Gasteiger partial charge >= 0.3 is 0 Å². The summed E-state index contributed by atoms with van der Waals surface area (Å²) in [5.74, 6) is -0.680. The Labute approximate surface area is 118 Å². The van der Waals surface area contributed by atoms with E-state index in [-0.39, 0.29) is 22.3 Å². The van der Waals surface area contributed by atoms with Crippen molar-refractivity contribution < 1.29 is 18.0 Å². The van der Waals surface area contributed by atoms with Crippen LogP contribution in [0.15, 0.2) is 29.2 Å². The second kappa shape index (κ2) is 6.51. The first-order valence-corrected chi connectivity index (χ1v) is 7.98. The van der Waals surface area contributed by atoms with Crippen LogP contribution in [0.25, 0.3) is 0 Å². The molecule has 0 aromatic heterocycles. The van der Waals surface area contributed by atoms with Gasteiger partial charge in [-0.15, -0.1) is 0 Å². The SMILES string of the molecule is CC(C)CC(=O)NNC(=O)c1cccc(S(C)(=O)=O)c1. The van der Waals surface area contributed by atoms with Crippen molar-refractivity contribution in [2.24, 2.45) is 5.92 Å². The topological polar surface area (TPSA) is 92.3 Å². The normalized spacial score (nSPS) is 11.2. The lowest BCUT2D eigenvalue weighted by molar-refractivity contribution is -0.122. The molecule has 0 fully saturated rings. The van der Waals surface area contributed by atoms with E-state index in [1.54, 1.807) is 0 Å². The lowest BCUT2D eigenvalue weighted by Crippen LogP contribution is -2.42. The van der Waals surface area contributed by atoms with Crippen molar-refractivity contribution in [3.63, 3.8) is 0 Å². The molecule has 0 bridgehead atoms. The Morgan fingerprint density at radius 1 is 1.20 bits per heavy atom. The highest BCUT2D eigenvalue weighted by atomic mass is 32.2. The number of hydrogen-bond donors (Lipinski definition) is 2. The zero-order valence-corrected chi connectivity index (χ0v) is 12.5. The average Bonchev–Trinajstić information content (AvgIpc) is 2.34. The molecule has 6 nitrogen and oxygen atoms in total. The van der Waals surface area contributed by atoms with Crippen molar-refractivity contribution >= 4 is 21.7 Å². The van der Waals surface area contributed by atoms with Gasteiger partial charge in [0, 0.05) is 18.2 Å². The van der Waals surface area contributed by atoms with Gasteiger partial charge < -0.3 is 0 Å². The summed E-state index contributed by atoms with van der Waals surface area (Å²) in [6.45, 7) is 3.77. The van der Waals surface area contributed by atoms with E-state index < -0.39 is 15.7 Å². The number of carbonyl (C=O) groups excluding carboxylic acids is 2. The van der Waals surface area contributed by atoms with Crippen LogP contribution < -0.4 is 10.9 Å². The van der Waals surface area contributed by atoms with Gasteiger partial charge in [0.25, 0.3) is 5.91 Å². The second-order valence-electron chi connectivity index (χ2n) is 4.90. The van der Waals surface area contributed by atoms with Crippen LogP contribution in [-0.4, -0.2) is 26.5 Å². The molecular formula is C13H18N2O4S. The quantitative estimate of drug-likeness (QED) is 0.808. The molecule has 20 heavy (non-hydrogen) atoms. The van der Waals surface area contributed by atoms with Crippen LogP contribution in [0.3, 0.4) is 0 Å². The number of amides is 2. The highest BCUT2D eigenvalue weighted by Crippen LogP contribution is 2.11. The van der Waals surface area contributed by atoms with Crippen molar-refractivity contribution in [1.82, 2.24) is 10.9 Å².